The summed E-state index contributed by atoms with van der Waals surface area (Å²) in [7, 11) is 0. The van der Waals surface area contributed by atoms with Gasteiger partial charge in [0.05, 0.1) is 5.70 Å². The molecule has 164 valence electrons. The number of aryl methyl sites for hydroxylation is 2. The van der Waals surface area contributed by atoms with E-state index in [1.54, 1.807) is 11.8 Å². The van der Waals surface area contributed by atoms with E-state index in [0.29, 0.717) is 0 Å². The van der Waals surface area contributed by atoms with Gasteiger partial charge in [0.15, 0.2) is 0 Å². The molecule has 5 nitrogen and oxygen atoms in total. The van der Waals surface area contributed by atoms with Crippen molar-refractivity contribution in [3.8, 4) is 5.75 Å². The van der Waals surface area contributed by atoms with E-state index in [2.05, 4.69) is 85.9 Å². The third-order valence-corrected chi connectivity index (χ3v) is 6.82. The molecule has 0 bridgehead atoms. The summed E-state index contributed by atoms with van der Waals surface area (Å²) in [5, 5.41) is 9.23. The second kappa shape index (κ2) is 7.81. The van der Waals surface area contributed by atoms with Crippen LogP contribution in [0, 0.1) is 13.8 Å². The topological polar surface area (TPSA) is 52.0 Å². The number of rotatable bonds is 3. The second-order valence-corrected chi connectivity index (χ2v) is 9.32. The van der Waals surface area contributed by atoms with Crippen LogP contribution in [0.4, 0.5) is 5.95 Å². The molecule has 0 spiro atoms. The van der Waals surface area contributed by atoms with Gasteiger partial charge in [-0.25, -0.2) is 4.68 Å². The maximum atomic E-state index is 6.70. The monoisotopic (exact) mass is 452 g/mol. The molecule has 0 amide bonds. The molecule has 0 fully saturated rings. The highest BCUT2D eigenvalue weighted by Gasteiger charge is 2.41. The van der Waals surface area contributed by atoms with Crippen LogP contribution in [-0.4, -0.2) is 21.0 Å². The van der Waals surface area contributed by atoms with Gasteiger partial charge < -0.3 is 10.1 Å². The lowest BCUT2D eigenvalue weighted by molar-refractivity contribution is 0.223. The summed E-state index contributed by atoms with van der Waals surface area (Å²) in [5.74, 6) is 1.63. The van der Waals surface area contributed by atoms with Crippen LogP contribution in [0.5, 0.6) is 5.75 Å². The Hall–Kier alpha value is -3.51. The second-order valence-electron chi connectivity index (χ2n) is 8.54. The summed E-state index contributed by atoms with van der Waals surface area (Å²) < 4.78 is 8.71. The Morgan fingerprint density at radius 2 is 1.67 bits per heavy atom. The molecule has 0 radical (unpaired) electrons. The Labute approximate surface area is 197 Å². The van der Waals surface area contributed by atoms with Crippen molar-refractivity contribution in [3.63, 3.8) is 0 Å². The van der Waals surface area contributed by atoms with Crippen molar-refractivity contribution in [1.29, 1.82) is 0 Å². The normalized spacial score (nSPS) is 18.6. The third-order valence-electron chi connectivity index (χ3n) is 6.29. The van der Waals surface area contributed by atoms with E-state index in [1.807, 2.05) is 17.0 Å². The van der Waals surface area contributed by atoms with E-state index in [9.17, 15) is 0 Å². The van der Waals surface area contributed by atoms with Crippen molar-refractivity contribution in [2.24, 2.45) is 0 Å². The van der Waals surface area contributed by atoms with Gasteiger partial charge in [0.2, 0.25) is 11.1 Å². The molecule has 1 N–H and O–H groups in total. The number of hydrogen-bond donors (Lipinski definition) is 1. The first-order valence-corrected chi connectivity index (χ1v) is 12.3. The summed E-state index contributed by atoms with van der Waals surface area (Å²) in [6.45, 7) is 4.22. The Kier molecular flexibility index (Phi) is 4.76. The van der Waals surface area contributed by atoms with Crippen molar-refractivity contribution in [2.45, 2.75) is 31.1 Å². The minimum absolute atomic E-state index is 0.135. The largest absolute Gasteiger partial charge is 0.480 e. The van der Waals surface area contributed by atoms with Crippen LogP contribution in [-0.2, 0) is 0 Å². The molecule has 1 aromatic heterocycles. The molecule has 0 aliphatic carbocycles. The van der Waals surface area contributed by atoms with Crippen LogP contribution in [0.15, 0.2) is 83.5 Å². The van der Waals surface area contributed by atoms with Gasteiger partial charge in [0, 0.05) is 11.1 Å². The molecule has 0 saturated carbocycles. The minimum Gasteiger partial charge on any atom is -0.480 e. The van der Waals surface area contributed by atoms with Crippen LogP contribution in [0.2, 0.25) is 0 Å². The molecule has 2 aliphatic heterocycles. The average Bonchev–Trinajstić information content (AvgIpc) is 3.26. The highest BCUT2D eigenvalue weighted by Crippen LogP contribution is 2.51. The number of ether oxygens (including phenoxy) is 1. The number of nitrogens with one attached hydrogen (secondary N) is 1. The van der Waals surface area contributed by atoms with E-state index < -0.39 is 0 Å². The zero-order valence-corrected chi connectivity index (χ0v) is 19.6. The molecule has 4 aromatic rings. The summed E-state index contributed by atoms with van der Waals surface area (Å²) in [6.07, 6.45) is 1.76. The van der Waals surface area contributed by atoms with Crippen LogP contribution in [0.1, 0.15) is 40.0 Å². The Balaban J connectivity index is 1.64. The maximum Gasteiger partial charge on any atom is 0.227 e. The lowest BCUT2D eigenvalue weighted by Crippen LogP contribution is -2.32. The Morgan fingerprint density at radius 3 is 2.42 bits per heavy atom. The highest BCUT2D eigenvalue weighted by molar-refractivity contribution is 7.98. The fourth-order valence-electron chi connectivity index (χ4n) is 4.68. The van der Waals surface area contributed by atoms with Gasteiger partial charge in [0.25, 0.3) is 0 Å². The predicted molar refractivity (Wildman–Crippen MR) is 133 cm³/mol. The number of aromatic nitrogens is 3. The Morgan fingerprint density at radius 1 is 0.909 bits per heavy atom. The van der Waals surface area contributed by atoms with Gasteiger partial charge in [-0.05, 0) is 43.4 Å². The fourth-order valence-corrected chi connectivity index (χ4v) is 5.03. The summed E-state index contributed by atoms with van der Waals surface area (Å²) >= 11 is 1.55. The van der Waals surface area contributed by atoms with Crippen LogP contribution < -0.4 is 10.1 Å². The maximum absolute atomic E-state index is 6.70. The summed E-state index contributed by atoms with van der Waals surface area (Å²) in [5.41, 5.74) is 7.96. The van der Waals surface area contributed by atoms with E-state index >= 15 is 0 Å². The summed E-state index contributed by atoms with van der Waals surface area (Å²) in [6, 6.07) is 25.3. The molecule has 2 atom stereocenters. The van der Waals surface area contributed by atoms with Gasteiger partial charge in [-0.1, -0.05) is 83.6 Å². The molecular formula is C27H24N4OS. The van der Waals surface area contributed by atoms with Crippen molar-refractivity contribution in [1.82, 2.24) is 14.8 Å². The predicted octanol–water partition coefficient (Wildman–Crippen LogP) is 6.18. The molecular weight excluding hydrogens is 428 g/mol. The van der Waals surface area contributed by atoms with Crippen molar-refractivity contribution in [2.75, 3.05) is 11.6 Å². The zero-order chi connectivity index (χ0) is 22.5. The lowest BCUT2D eigenvalue weighted by Gasteiger charge is -2.39. The molecule has 6 rings (SSSR count). The van der Waals surface area contributed by atoms with Crippen LogP contribution in [0.3, 0.4) is 0 Å². The number of benzene rings is 3. The lowest BCUT2D eigenvalue weighted by atomic mass is 9.84. The average molecular weight is 453 g/mol. The van der Waals surface area contributed by atoms with E-state index in [1.165, 1.54) is 11.1 Å². The smallest absolute Gasteiger partial charge is 0.227 e. The standard InChI is InChI=1S/C27H24N4OS/c1-16-9-12-18(13-10-16)24-22-23(28-26-29-27(33-3)30-31(24)26)20-15-17(2)11-14-21(20)32-25(22)19-7-5-4-6-8-19/h4-15,24-25H,1-3H3,(H,28,29,30). The first-order valence-electron chi connectivity index (χ1n) is 11.0. The molecule has 33 heavy (non-hydrogen) atoms. The van der Waals surface area contributed by atoms with Crippen LogP contribution >= 0.6 is 11.8 Å². The van der Waals surface area contributed by atoms with Crippen LogP contribution in [0.25, 0.3) is 5.70 Å². The SMILES string of the molecule is CSc1nc2n(n1)C(c1ccc(C)cc1)C1=C(N2)c2cc(C)ccc2OC1c1ccccc1. The number of thioether (sulfide) groups is 1. The van der Waals surface area contributed by atoms with Gasteiger partial charge in [-0.2, -0.15) is 4.98 Å². The summed E-state index contributed by atoms with van der Waals surface area (Å²) in [4.78, 5) is 4.78. The first-order chi connectivity index (χ1) is 16.1. The molecule has 3 heterocycles. The molecule has 2 unspecified atom stereocenters. The van der Waals surface area contributed by atoms with Gasteiger partial charge in [-0.3, -0.25) is 0 Å². The van der Waals surface area contributed by atoms with Gasteiger partial charge in [-0.15, -0.1) is 5.10 Å². The fraction of sp³-hybridized carbons (Fsp3) is 0.185. The van der Waals surface area contributed by atoms with Crippen molar-refractivity contribution in [3.05, 3.63) is 106 Å². The highest BCUT2D eigenvalue weighted by atomic mass is 32.2. The van der Waals surface area contributed by atoms with Crippen molar-refractivity contribution >= 4 is 23.4 Å². The number of anilines is 1. The van der Waals surface area contributed by atoms with Crippen molar-refractivity contribution < 1.29 is 4.74 Å². The van der Waals surface area contributed by atoms with Gasteiger partial charge >= 0.3 is 0 Å². The van der Waals surface area contributed by atoms with E-state index in [-0.39, 0.29) is 12.1 Å². The molecule has 0 saturated heterocycles. The number of hydrogen-bond acceptors (Lipinski definition) is 5. The van der Waals surface area contributed by atoms with E-state index in [4.69, 9.17) is 14.8 Å². The van der Waals surface area contributed by atoms with Gasteiger partial charge in [0.1, 0.15) is 17.9 Å². The van der Waals surface area contributed by atoms with E-state index in [0.717, 1.165) is 44.8 Å². The Bertz CT molecular complexity index is 1380. The molecule has 6 heteroatoms. The molecule has 2 aliphatic rings. The first kappa shape index (κ1) is 20.1. The quantitative estimate of drug-likeness (QED) is 0.376. The zero-order valence-electron chi connectivity index (χ0n) is 18.7. The minimum atomic E-state index is -0.245. The third kappa shape index (κ3) is 3.33. The number of nitrogens with zero attached hydrogens (tertiary/aromatic N) is 3. The molecule has 3 aromatic carbocycles. The number of fused-ring (bicyclic) bond motifs is 3.